The molecule has 0 radical (unpaired) electrons. The van der Waals surface area contributed by atoms with E-state index in [1.807, 2.05) is 0 Å². The predicted octanol–water partition coefficient (Wildman–Crippen LogP) is 2.87. The number of nitrogens with two attached hydrogens (primary N) is 1. The molecule has 44 heavy (non-hydrogen) atoms. The van der Waals surface area contributed by atoms with Gasteiger partial charge in [0.25, 0.3) is 0 Å². The topological polar surface area (TPSA) is 166 Å². The summed E-state index contributed by atoms with van der Waals surface area (Å²) in [5, 5.41) is 18.1. The van der Waals surface area contributed by atoms with Crippen LogP contribution in [-0.4, -0.2) is 100 Å². The predicted molar refractivity (Wildman–Crippen MR) is 154 cm³/mol. The second kappa shape index (κ2) is 12.6. The molecule has 2 aromatic heterocycles. The maximum atomic E-state index is 12.8. The lowest BCUT2D eigenvalue weighted by Crippen LogP contribution is -2.65. The van der Waals surface area contributed by atoms with E-state index in [1.165, 1.54) is 6.20 Å². The van der Waals surface area contributed by atoms with Crippen molar-refractivity contribution >= 4 is 35.2 Å². The third-order valence-corrected chi connectivity index (χ3v) is 7.15. The maximum absolute atomic E-state index is 12.8. The molecule has 16 heteroatoms. The van der Waals surface area contributed by atoms with Gasteiger partial charge in [-0.1, -0.05) is 12.1 Å². The van der Waals surface area contributed by atoms with Crippen LogP contribution >= 0.6 is 0 Å². The number of imidazole rings is 1. The molecule has 0 spiro atoms. The molecule has 5 rings (SSSR count). The van der Waals surface area contributed by atoms with Gasteiger partial charge in [-0.3, -0.25) is 4.99 Å². The van der Waals surface area contributed by atoms with Crippen molar-refractivity contribution in [1.29, 1.82) is 5.26 Å². The SMILES string of the molecule is N#CCC1(N=CC(=CN)c2cnn3c(-c4cccc(NC(=O)NCC(F)(F)F)c4)cnc3c2)CN(C(=O)N2CCOCC2)C1. The minimum absolute atomic E-state index is 0.0949. The van der Waals surface area contributed by atoms with Crippen LogP contribution in [0.25, 0.3) is 22.5 Å². The summed E-state index contributed by atoms with van der Waals surface area (Å²) in [6.45, 7) is 1.22. The Bertz CT molecular complexity index is 1630. The molecule has 2 fully saturated rings. The summed E-state index contributed by atoms with van der Waals surface area (Å²) in [7, 11) is 0. The molecule has 2 saturated heterocycles. The average Bonchev–Trinajstić information content (AvgIpc) is 3.42. The third kappa shape index (κ3) is 6.89. The first-order valence-corrected chi connectivity index (χ1v) is 13.6. The van der Waals surface area contributed by atoms with Gasteiger partial charge in [0.1, 0.15) is 12.1 Å². The number of morpholine rings is 1. The van der Waals surface area contributed by atoms with Crippen LogP contribution in [0.15, 0.2) is 53.9 Å². The van der Waals surface area contributed by atoms with Crippen molar-refractivity contribution in [3.8, 4) is 17.3 Å². The van der Waals surface area contributed by atoms with E-state index in [9.17, 15) is 28.0 Å². The van der Waals surface area contributed by atoms with Gasteiger partial charge in [-0.25, -0.2) is 19.1 Å². The van der Waals surface area contributed by atoms with Gasteiger partial charge >= 0.3 is 18.2 Å². The molecule has 0 saturated carbocycles. The lowest BCUT2D eigenvalue weighted by Gasteiger charge is -2.48. The highest BCUT2D eigenvalue weighted by molar-refractivity contribution is 6.10. The van der Waals surface area contributed by atoms with Crippen molar-refractivity contribution in [2.75, 3.05) is 51.3 Å². The first-order chi connectivity index (χ1) is 21.1. The molecule has 0 aliphatic carbocycles. The van der Waals surface area contributed by atoms with Gasteiger partial charge in [0, 0.05) is 47.9 Å². The van der Waals surface area contributed by atoms with Gasteiger partial charge in [-0.05, 0) is 18.2 Å². The number of hydrogen-bond acceptors (Lipinski definition) is 8. The maximum Gasteiger partial charge on any atom is 0.405 e. The number of halogens is 3. The van der Waals surface area contributed by atoms with Gasteiger partial charge in [0.05, 0.1) is 56.9 Å². The second-order valence-corrected chi connectivity index (χ2v) is 10.3. The van der Waals surface area contributed by atoms with E-state index < -0.39 is 24.3 Å². The van der Waals surface area contributed by atoms with Crippen LogP contribution in [0.4, 0.5) is 28.4 Å². The number of aliphatic imine (C=N–C) groups is 1. The van der Waals surface area contributed by atoms with Crippen LogP contribution in [0.5, 0.6) is 0 Å². The molecule has 1 aromatic carbocycles. The molecule has 4 amide bonds. The summed E-state index contributed by atoms with van der Waals surface area (Å²) >= 11 is 0. The fraction of sp³-hybridized carbons (Fsp3) is 0.357. The zero-order chi connectivity index (χ0) is 31.3. The van der Waals surface area contributed by atoms with Gasteiger partial charge in [-0.15, -0.1) is 0 Å². The normalized spacial score (nSPS) is 16.9. The lowest BCUT2D eigenvalue weighted by molar-refractivity contribution is -0.122. The number of hydrogen-bond donors (Lipinski definition) is 3. The summed E-state index contributed by atoms with van der Waals surface area (Å²) < 4.78 is 44.1. The first kappa shape index (κ1) is 30.3. The number of rotatable bonds is 7. The average molecular weight is 611 g/mol. The van der Waals surface area contributed by atoms with Crippen LogP contribution in [0.1, 0.15) is 12.0 Å². The summed E-state index contributed by atoms with van der Waals surface area (Å²) in [5.41, 5.74) is 8.28. The van der Waals surface area contributed by atoms with Crippen molar-refractivity contribution in [3.63, 3.8) is 0 Å². The molecule has 4 heterocycles. The second-order valence-electron chi connectivity index (χ2n) is 10.3. The van der Waals surface area contributed by atoms with Gasteiger partial charge < -0.3 is 30.9 Å². The highest BCUT2D eigenvalue weighted by Crippen LogP contribution is 2.31. The van der Waals surface area contributed by atoms with Crippen LogP contribution in [-0.2, 0) is 4.74 Å². The van der Waals surface area contributed by atoms with E-state index in [0.717, 1.165) is 0 Å². The number of aromatic nitrogens is 3. The zero-order valence-corrected chi connectivity index (χ0v) is 23.4. The highest BCUT2D eigenvalue weighted by Gasteiger charge is 2.46. The smallest absolute Gasteiger partial charge is 0.404 e. The number of amides is 4. The number of anilines is 1. The number of allylic oxidation sites excluding steroid dienone is 1. The molecule has 2 aliphatic rings. The van der Waals surface area contributed by atoms with Crippen molar-refractivity contribution in [3.05, 3.63) is 54.5 Å². The van der Waals surface area contributed by atoms with E-state index in [-0.39, 0.29) is 18.1 Å². The largest absolute Gasteiger partial charge is 0.405 e. The van der Waals surface area contributed by atoms with Gasteiger partial charge in [-0.2, -0.15) is 23.5 Å². The molecule has 0 atom stereocenters. The van der Waals surface area contributed by atoms with Crippen LogP contribution in [0.3, 0.4) is 0 Å². The number of nitrogens with zero attached hydrogens (tertiary/aromatic N) is 7. The number of carbonyl (C=O) groups is 2. The van der Waals surface area contributed by atoms with E-state index in [2.05, 4.69) is 26.5 Å². The van der Waals surface area contributed by atoms with E-state index in [1.54, 1.807) is 68.6 Å². The quantitative estimate of drug-likeness (QED) is 0.346. The summed E-state index contributed by atoms with van der Waals surface area (Å²) in [6, 6.07) is 9.35. The Morgan fingerprint density at radius 1 is 1.18 bits per heavy atom. The van der Waals surface area contributed by atoms with E-state index in [0.29, 0.717) is 67.4 Å². The van der Waals surface area contributed by atoms with Crippen LogP contribution in [0.2, 0.25) is 0 Å². The van der Waals surface area contributed by atoms with Crippen LogP contribution in [0, 0.1) is 11.3 Å². The molecular formula is C28H29F3N10O3. The Kier molecular flexibility index (Phi) is 8.67. The number of carbonyl (C=O) groups excluding carboxylic acids is 2. The number of alkyl halides is 3. The number of ether oxygens (including phenoxy) is 1. The Morgan fingerprint density at radius 2 is 1.95 bits per heavy atom. The Hall–Kier alpha value is -5.17. The van der Waals surface area contributed by atoms with Crippen molar-refractivity contribution in [2.24, 2.45) is 10.7 Å². The van der Waals surface area contributed by atoms with Crippen molar-refractivity contribution < 1.29 is 27.5 Å². The zero-order valence-electron chi connectivity index (χ0n) is 23.4. The Balaban J connectivity index is 1.28. The number of fused-ring (bicyclic) bond motifs is 1. The molecule has 13 nitrogen and oxygen atoms in total. The number of nitrogens with one attached hydrogen (secondary N) is 2. The molecular weight excluding hydrogens is 581 g/mol. The molecule has 2 aliphatic heterocycles. The fourth-order valence-electron chi connectivity index (χ4n) is 4.90. The van der Waals surface area contributed by atoms with Crippen molar-refractivity contribution in [2.45, 2.75) is 18.1 Å². The Labute approximate surface area is 249 Å². The Morgan fingerprint density at radius 3 is 2.66 bits per heavy atom. The standard InChI is InChI=1S/C28H29F3N10O3/c29-28(30,31)16-35-25(42)38-22-3-1-2-19(10-22)23-15-34-24-11-20(14-37-41(23)24)21(12-33)13-36-27(4-5-32)17-40(18-27)26(43)39-6-8-44-9-7-39/h1-3,10-15H,4,6-9,16-18,33H2,(H2,35,38,42). The molecule has 0 bridgehead atoms. The summed E-state index contributed by atoms with van der Waals surface area (Å²) in [6.07, 6.45) is 1.70. The first-order valence-electron chi connectivity index (χ1n) is 13.6. The van der Waals surface area contributed by atoms with Crippen molar-refractivity contribution in [1.82, 2.24) is 29.7 Å². The number of urea groups is 2. The molecule has 4 N–H and O–H groups in total. The molecule has 230 valence electrons. The number of benzene rings is 1. The lowest BCUT2D eigenvalue weighted by atomic mass is 9.87. The van der Waals surface area contributed by atoms with E-state index >= 15 is 0 Å². The summed E-state index contributed by atoms with van der Waals surface area (Å²) in [5.74, 6) is 0. The molecule has 0 unspecified atom stereocenters. The highest BCUT2D eigenvalue weighted by atomic mass is 19.4. The minimum Gasteiger partial charge on any atom is -0.404 e. The third-order valence-electron chi connectivity index (χ3n) is 7.15. The molecule has 3 aromatic rings. The number of likely N-dealkylation sites (tertiary alicyclic amines) is 1. The summed E-state index contributed by atoms with van der Waals surface area (Å²) in [4.78, 5) is 37.2. The van der Waals surface area contributed by atoms with E-state index in [4.69, 9.17) is 10.5 Å². The monoisotopic (exact) mass is 610 g/mol. The van der Waals surface area contributed by atoms with Crippen LogP contribution < -0.4 is 16.4 Å². The fourth-order valence-corrected chi connectivity index (χ4v) is 4.90. The van der Waals surface area contributed by atoms with Gasteiger partial charge in [0.15, 0.2) is 5.65 Å². The van der Waals surface area contributed by atoms with Gasteiger partial charge in [0.2, 0.25) is 0 Å². The minimum atomic E-state index is -4.52. The number of nitriles is 1.